The molecular formula is C23H26N6O. The minimum Gasteiger partial charge on any atom is -0.497 e. The lowest BCUT2D eigenvalue weighted by molar-refractivity contribution is 0.211. The van der Waals surface area contributed by atoms with E-state index in [-0.39, 0.29) is 0 Å². The Kier molecular flexibility index (Phi) is 5.11. The minimum absolute atomic E-state index is 0.428. The summed E-state index contributed by atoms with van der Waals surface area (Å²) < 4.78 is 5.35. The largest absolute Gasteiger partial charge is 0.497 e. The highest BCUT2D eigenvalue weighted by Crippen LogP contribution is 2.34. The fourth-order valence-electron chi connectivity index (χ4n) is 4.25. The van der Waals surface area contributed by atoms with Crippen LogP contribution in [-0.4, -0.2) is 51.3 Å². The molecule has 1 aliphatic rings. The Bertz CT molecular complexity index is 1110. The zero-order chi connectivity index (χ0) is 20.3. The first-order valence-electron chi connectivity index (χ1n) is 10.4. The molecule has 4 aromatic rings. The highest BCUT2D eigenvalue weighted by atomic mass is 16.5. The van der Waals surface area contributed by atoms with Gasteiger partial charge in [0.1, 0.15) is 11.4 Å². The van der Waals surface area contributed by atoms with Crippen LogP contribution in [0, 0.1) is 0 Å². The van der Waals surface area contributed by atoms with E-state index < -0.39 is 0 Å². The number of rotatable bonds is 6. The van der Waals surface area contributed by atoms with Gasteiger partial charge in [0.25, 0.3) is 0 Å². The topological polar surface area (TPSA) is 81.9 Å². The highest BCUT2D eigenvalue weighted by molar-refractivity contribution is 5.98. The molecule has 0 unspecified atom stereocenters. The molecule has 5 rings (SSSR count). The van der Waals surface area contributed by atoms with Crippen molar-refractivity contribution in [2.75, 3.05) is 25.5 Å². The van der Waals surface area contributed by atoms with Crippen LogP contribution in [-0.2, 0) is 6.54 Å². The average Bonchev–Trinajstić information content (AvgIpc) is 3.48. The number of benzene rings is 1. The highest BCUT2D eigenvalue weighted by Gasteiger charge is 2.22. The predicted octanol–water partition coefficient (Wildman–Crippen LogP) is 4.04. The molecular weight excluding hydrogens is 376 g/mol. The summed E-state index contributed by atoms with van der Waals surface area (Å²) in [5.41, 5.74) is 5.46. The van der Waals surface area contributed by atoms with Gasteiger partial charge in [0.05, 0.1) is 19.0 Å². The normalized spacial score (nSPS) is 15.5. The quantitative estimate of drug-likeness (QED) is 0.453. The lowest BCUT2D eigenvalue weighted by Gasteiger charge is -2.33. The van der Waals surface area contributed by atoms with Gasteiger partial charge in [0, 0.05) is 60.8 Å². The van der Waals surface area contributed by atoms with Crippen molar-refractivity contribution in [3.63, 3.8) is 0 Å². The van der Waals surface area contributed by atoms with Crippen molar-refractivity contribution in [3.8, 4) is 16.9 Å². The molecule has 0 bridgehead atoms. The van der Waals surface area contributed by atoms with Crippen LogP contribution in [0.25, 0.3) is 22.2 Å². The number of hydrogen-bond donors (Lipinski definition) is 3. The molecule has 1 fully saturated rings. The van der Waals surface area contributed by atoms with Crippen LogP contribution < -0.4 is 10.1 Å². The van der Waals surface area contributed by atoms with Crippen LogP contribution in [0.15, 0.2) is 55.1 Å². The summed E-state index contributed by atoms with van der Waals surface area (Å²) in [5.74, 6) is 0.920. The van der Waals surface area contributed by atoms with E-state index in [1.165, 1.54) is 5.56 Å². The van der Waals surface area contributed by atoms with Gasteiger partial charge in [-0.1, -0.05) is 12.1 Å². The summed E-state index contributed by atoms with van der Waals surface area (Å²) >= 11 is 0. The number of hydrogen-bond acceptors (Lipinski definition) is 5. The number of nitrogens with one attached hydrogen (secondary N) is 3. The second-order valence-corrected chi connectivity index (χ2v) is 7.82. The van der Waals surface area contributed by atoms with Gasteiger partial charge < -0.3 is 15.0 Å². The van der Waals surface area contributed by atoms with Crippen LogP contribution in [0.5, 0.6) is 5.75 Å². The van der Waals surface area contributed by atoms with Crippen LogP contribution in [0.3, 0.4) is 0 Å². The van der Waals surface area contributed by atoms with E-state index in [1.54, 1.807) is 7.11 Å². The Labute approximate surface area is 175 Å². The molecule has 7 heteroatoms. The summed E-state index contributed by atoms with van der Waals surface area (Å²) in [5, 5.41) is 12.0. The van der Waals surface area contributed by atoms with Crippen molar-refractivity contribution in [2.45, 2.75) is 25.4 Å². The van der Waals surface area contributed by atoms with Crippen molar-refractivity contribution in [3.05, 3.63) is 60.7 Å². The maximum Gasteiger partial charge on any atom is 0.139 e. The number of nitrogens with zero attached hydrogens (tertiary/aromatic N) is 3. The first kappa shape index (κ1) is 18.7. The molecule has 3 N–H and O–H groups in total. The second-order valence-electron chi connectivity index (χ2n) is 7.82. The Morgan fingerprint density at radius 2 is 2.10 bits per heavy atom. The fourth-order valence-corrected chi connectivity index (χ4v) is 4.25. The molecule has 1 aromatic carbocycles. The van der Waals surface area contributed by atoms with E-state index >= 15 is 0 Å². The number of methoxy groups -OCH3 is 1. The number of piperidine rings is 1. The summed E-state index contributed by atoms with van der Waals surface area (Å²) in [6, 6.07) is 10.9. The zero-order valence-electron chi connectivity index (χ0n) is 17.1. The van der Waals surface area contributed by atoms with Gasteiger partial charge in [-0.15, -0.1) is 0 Å². The van der Waals surface area contributed by atoms with Gasteiger partial charge in [-0.2, -0.15) is 5.10 Å². The maximum atomic E-state index is 5.35. The molecule has 7 nitrogen and oxygen atoms in total. The van der Waals surface area contributed by atoms with E-state index in [1.807, 2.05) is 30.9 Å². The molecule has 0 aliphatic carbocycles. The number of aromatic nitrogens is 4. The molecule has 0 saturated carbocycles. The number of pyridine rings is 1. The summed E-state index contributed by atoms with van der Waals surface area (Å²) in [6.07, 6.45) is 9.82. The van der Waals surface area contributed by atoms with Gasteiger partial charge in [-0.25, -0.2) is 4.98 Å². The first-order valence-corrected chi connectivity index (χ1v) is 10.4. The first-order chi connectivity index (χ1) is 14.8. The standard InChI is InChI=1S/C23H26N6O/c1-30-19-4-2-3-16(11-19)15-29-9-6-18(7-10-29)28-22-20-5-8-24-23(20)25-14-21(22)17-12-26-27-13-17/h2-5,8,11-14,18H,6-7,9-10,15H2,1H3,(H,26,27)(H2,24,25,28). The Balaban J connectivity index is 1.29. The lowest BCUT2D eigenvalue weighted by Crippen LogP contribution is -2.38. The van der Waals surface area contributed by atoms with Crippen molar-refractivity contribution >= 4 is 16.7 Å². The Morgan fingerprint density at radius 3 is 2.90 bits per heavy atom. The van der Waals surface area contributed by atoms with Crippen molar-refractivity contribution < 1.29 is 4.74 Å². The SMILES string of the molecule is COc1cccc(CN2CCC(Nc3c(-c4cn[nH]c4)cnc4[nH]ccc34)CC2)c1. The third-order valence-corrected chi connectivity index (χ3v) is 5.87. The smallest absolute Gasteiger partial charge is 0.139 e. The van der Waals surface area contributed by atoms with Crippen molar-refractivity contribution in [1.29, 1.82) is 0 Å². The summed E-state index contributed by atoms with van der Waals surface area (Å²) in [4.78, 5) is 10.3. The van der Waals surface area contributed by atoms with E-state index in [0.29, 0.717) is 6.04 Å². The maximum absolute atomic E-state index is 5.35. The molecule has 0 amide bonds. The second kappa shape index (κ2) is 8.20. The molecule has 0 spiro atoms. The minimum atomic E-state index is 0.428. The lowest BCUT2D eigenvalue weighted by atomic mass is 10.0. The number of fused-ring (bicyclic) bond motifs is 1. The number of anilines is 1. The molecule has 1 aliphatic heterocycles. The van der Waals surface area contributed by atoms with Crippen molar-refractivity contribution in [1.82, 2.24) is 25.1 Å². The van der Waals surface area contributed by atoms with E-state index in [2.05, 4.69) is 54.6 Å². The zero-order valence-corrected chi connectivity index (χ0v) is 17.1. The molecule has 30 heavy (non-hydrogen) atoms. The third-order valence-electron chi connectivity index (χ3n) is 5.87. The molecule has 154 valence electrons. The fraction of sp³-hybridized carbons (Fsp3) is 0.304. The van der Waals surface area contributed by atoms with Gasteiger partial charge in [0.2, 0.25) is 0 Å². The van der Waals surface area contributed by atoms with E-state index in [0.717, 1.165) is 66.1 Å². The molecule has 0 atom stereocenters. The number of likely N-dealkylation sites (tertiary alicyclic amines) is 1. The average molecular weight is 403 g/mol. The van der Waals surface area contributed by atoms with Crippen LogP contribution in [0.2, 0.25) is 0 Å². The van der Waals surface area contributed by atoms with Crippen LogP contribution in [0.1, 0.15) is 18.4 Å². The monoisotopic (exact) mass is 402 g/mol. The molecule has 4 heterocycles. The molecule has 1 saturated heterocycles. The van der Waals surface area contributed by atoms with E-state index in [9.17, 15) is 0 Å². The van der Waals surface area contributed by atoms with Gasteiger partial charge in [-0.3, -0.25) is 10.00 Å². The summed E-state index contributed by atoms with van der Waals surface area (Å²) in [7, 11) is 1.72. The van der Waals surface area contributed by atoms with Crippen LogP contribution in [0.4, 0.5) is 5.69 Å². The Morgan fingerprint density at radius 1 is 1.20 bits per heavy atom. The van der Waals surface area contributed by atoms with Crippen LogP contribution >= 0.6 is 0 Å². The number of ether oxygens (including phenoxy) is 1. The number of aromatic amines is 2. The van der Waals surface area contributed by atoms with Gasteiger partial charge in [0.15, 0.2) is 0 Å². The van der Waals surface area contributed by atoms with E-state index in [4.69, 9.17) is 4.74 Å². The van der Waals surface area contributed by atoms with Crippen molar-refractivity contribution in [2.24, 2.45) is 0 Å². The molecule has 0 radical (unpaired) electrons. The molecule has 3 aromatic heterocycles. The predicted molar refractivity (Wildman–Crippen MR) is 119 cm³/mol. The third kappa shape index (κ3) is 3.76. The number of H-pyrrole nitrogens is 2. The van der Waals surface area contributed by atoms with Gasteiger partial charge in [-0.05, 0) is 36.6 Å². The van der Waals surface area contributed by atoms with Gasteiger partial charge >= 0.3 is 0 Å². The summed E-state index contributed by atoms with van der Waals surface area (Å²) in [6.45, 7) is 3.09. The Hall–Kier alpha value is -3.32.